The van der Waals surface area contributed by atoms with Crippen molar-refractivity contribution in [1.82, 2.24) is 15.0 Å². The summed E-state index contributed by atoms with van der Waals surface area (Å²) in [4.78, 5) is 15.5. The van der Waals surface area contributed by atoms with E-state index in [0.29, 0.717) is 5.82 Å². The van der Waals surface area contributed by atoms with Crippen LogP contribution in [0.5, 0.6) is 5.75 Å². The van der Waals surface area contributed by atoms with Gasteiger partial charge in [0.05, 0.1) is 7.11 Å². The first-order valence-electron chi connectivity index (χ1n) is 8.26. The second-order valence-corrected chi connectivity index (χ2v) is 5.92. The number of aromatic nitrogens is 3. The predicted octanol–water partition coefficient (Wildman–Crippen LogP) is 3.53. The molecule has 5 heteroatoms. The van der Waals surface area contributed by atoms with E-state index in [0.717, 1.165) is 35.8 Å². The van der Waals surface area contributed by atoms with Crippen LogP contribution in [0, 0.1) is 6.92 Å². The highest BCUT2D eigenvalue weighted by Gasteiger charge is 2.10. The molecule has 0 amide bonds. The van der Waals surface area contributed by atoms with Crippen molar-refractivity contribution in [2.45, 2.75) is 13.3 Å². The second-order valence-electron chi connectivity index (χ2n) is 5.92. The monoisotopic (exact) mass is 334 g/mol. The lowest BCUT2D eigenvalue weighted by Crippen LogP contribution is -2.22. The Hall–Kier alpha value is -2.95. The molecule has 0 N–H and O–H groups in total. The van der Waals surface area contributed by atoms with E-state index >= 15 is 0 Å². The summed E-state index contributed by atoms with van der Waals surface area (Å²) in [6.45, 7) is 2.82. The summed E-state index contributed by atoms with van der Waals surface area (Å²) in [5, 5.41) is 0. The van der Waals surface area contributed by atoms with E-state index in [4.69, 9.17) is 9.72 Å². The van der Waals surface area contributed by atoms with Crippen LogP contribution in [0.15, 0.2) is 54.9 Å². The van der Waals surface area contributed by atoms with Crippen LogP contribution >= 0.6 is 0 Å². The Morgan fingerprint density at radius 3 is 2.68 bits per heavy atom. The lowest BCUT2D eigenvalue weighted by Gasteiger charge is -2.20. The molecule has 2 heterocycles. The van der Waals surface area contributed by atoms with Crippen LogP contribution in [0.2, 0.25) is 0 Å². The van der Waals surface area contributed by atoms with E-state index in [2.05, 4.69) is 20.9 Å². The Kier molecular flexibility index (Phi) is 5.23. The van der Waals surface area contributed by atoms with Gasteiger partial charge in [0, 0.05) is 43.3 Å². The lowest BCUT2D eigenvalue weighted by atomic mass is 10.1. The number of hydrogen-bond donors (Lipinski definition) is 0. The lowest BCUT2D eigenvalue weighted by molar-refractivity contribution is 0.409. The van der Waals surface area contributed by atoms with Crippen LogP contribution in [0.3, 0.4) is 0 Å². The zero-order valence-electron chi connectivity index (χ0n) is 14.8. The Morgan fingerprint density at radius 2 is 1.92 bits per heavy atom. The van der Waals surface area contributed by atoms with Gasteiger partial charge < -0.3 is 9.64 Å². The zero-order chi connectivity index (χ0) is 17.6. The zero-order valence-corrected chi connectivity index (χ0v) is 14.8. The molecule has 0 radical (unpaired) electrons. The summed E-state index contributed by atoms with van der Waals surface area (Å²) in [5.41, 5.74) is 3.05. The van der Waals surface area contributed by atoms with Gasteiger partial charge in [-0.15, -0.1) is 0 Å². The molecule has 3 rings (SSSR count). The Morgan fingerprint density at radius 1 is 1.08 bits per heavy atom. The maximum absolute atomic E-state index is 5.43. The maximum Gasteiger partial charge on any atom is 0.163 e. The quantitative estimate of drug-likeness (QED) is 0.690. The number of nitrogens with zero attached hydrogens (tertiary/aromatic N) is 4. The molecule has 1 aromatic carbocycles. The standard InChI is InChI=1S/C20H22N4O/c1-15-13-19(23-20(22-15)17-8-6-11-21-14-17)24(2)12-10-16-7-4-5-9-18(16)25-3/h4-9,11,13-14H,10,12H2,1-3H3. The maximum atomic E-state index is 5.43. The van der Waals surface area contributed by atoms with Gasteiger partial charge in [-0.1, -0.05) is 18.2 Å². The van der Waals surface area contributed by atoms with Crippen LogP contribution in [-0.2, 0) is 6.42 Å². The molecule has 0 bridgehead atoms. The summed E-state index contributed by atoms with van der Waals surface area (Å²) in [6, 6.07) is 14.0. The van der Waals surface area contributed by atoms with Crippen molar-refractivity contribution in [2.75, 3.05) is 25.6 Å². The van der Waals surface area contributed by atoms with Gasteiger partial charge in [-0.25, -0.2) is 9.97 Å². The van der Waals surface area contributed by atoms with Gasteiger partial charge in [-0.3, -0.25) is 4.98 Å². The van der Waals surface area contributed by atoms with Crippen LogP contribution < -0.4 is 9.64 Å². The number of hydrogen-bond acceptors (Lipinski definition) is 5. The van der Waals surface area contributed by atoms with Gasteiger partial charge in [-0.05, 0) is 37.1 Å². The summed E-state index contributed by atoms with van der Waals surface area (Å²) in [7, 11) is 3.75. The summed E-state index contributed by atoms with van der Waals surface area (Å²) >= 11 is 0. The van der Waals surface area contributed by atoms with E-state index in [-0.39, 0.29) is 0 Å². The average molecular weight is 334 g/mol. The summed E-state index contributed by atoms with van der Waals surface area (Å²) < 4.78 is 5.43. The van der Waals surface area contributed by atoms with Gasteiger partial charge in [-0.2, -0.15) is 0 Å². The first-order valence-corrected chi connectivity index (χ1v) is 8.26. The first-order chi connectivity index (χ1) is 12.2. The van der Waals surface area contributed by atoms with E-state index in [1.165, 1.54) is 5.56 Å². The SMILES string of the molecule is COc1ccccc1CCN(C)c1cc(C)nc(-c2cccnc2)n1. The molecule has 0 atom stereocenters. The molecule has 0 saturated carbocycles. The summed E-state index contributed by atoms with van der Waals surface area (Å²) in [5.74, 6) is 2.53. The molecule has 3 aromatic rings. The van der Waals surface area contributed by atoms with E-state index in [1.807, 2.05) is 50.4 Å². The number of methoxy groups -OCH3 is 1. The molecule has 0 saturated heterocycles. The highest BCUT2D eigenvalue weighted by Crippen LogP contribution is 2.21. The van der Waals surface area contributed by atoms with Crippen LogP contribution in [0.1, 0.15) is 11.3 Å². The number of para-hydroxylation sites is 1. The fourth-order valence-corrected chi connectivity index (χ4v) is 2.68. The third kappa shape index (κ3) is 4.12. The number of aryl methyl sites for hydroxylation is 1. The van der Waals surface area contributed by atoms with Crippen LogP contribution in [0.25, 0.3) is 11.4 Å². The molecule has 0 spiro atoms. The number of ether oxygens (including phenoxy) is 1. The molecule has 0 unspecified atom stereocenters. The second kappa shape index (κ2) is 7.75. The topological polar surface area (TPSA) is 51.1 Å². The smallest absolute Gasteiger partial charge is 0.163 e. The third-order valence-corrected chi connectivity index (χ3v) is 4.06. The predicted molar refractivity (Wildman–Crippen MR) is 100.0 cm³/mol. The van der Waals surface area contributed by atoms with Crippen molar-refractivity contribution in [1.29, 1.82) is 0 Å². The fourth-order valence-electron chi connectivity index (χ4n) is 2.68. The molecule has 0 aliphatic rings. The van der Waals surface area contributed by atoms with Crippen molar-refractivity contribution in [3.63, 3.8) is 0 Å². The molecule has 128 valence electrons. The van der Waals surface area contributed by atoms with Gasteiger partial charge in [0.2, 0.25) is 0 Å². The van der Waals surface area contributed by atoms with E-state index in [9.17, 15) is 0 Å². The van der Waals surface area contributed by atoms with Crippen LogP contribution in [0.4, 0.5) is 5.82 Å². The molecular formula is C20H22N4O. The average Bonchev–Trinajstić information content (AvgIpc) is 2.66. The van der Waals surface area contributed by atoms with Gasteiger partial charge >= 0.3 is 0 Å². The van der Waals surface area contributed by atoms with E-state index < -0.39 is 0 Å². The van der Waals surface area contributed by atoms with Gasteiger partial charge in [0.1, 0.15) is 11.6 Å². The molecular weight excluding hydrogens is 312 g/mol. The Balaban J connectivity index is 1.78. The van der Waals surface area contributed by atoms with Crippen molar-refractivity contribution in [2.24, 2.45) is 0 Å². The number of pyridine rings is 1. The fraction of sp³-hybridized carbons (Fsp3) is 0.250. The Bertz CT molecular complexity index is 836. The third-order valence-electron chi connectivity index (χ3n) is 4.06. The highest BCUT2D eigenvalue weighted by molar-refractivity contribution is 5.56. The van der Waals surface area contributed by atoms with Gasteiger partial charge in [0.15, 0.2) is 5.82 Å². The molecule has 0 fully saturated rings. The van der Waals surface area contributed by atoms with E-state index in [1.54, 1.807) is 19.5 Å². The van der Waals surface area contributed by atoms with Gasteiger partial charge in [0.25, 0.3) is 0 Å². The minimum atomic E-state index is 0.701. The molecule has 0 aliphatic heterocycles. The van der Waals surface area contributed by atoms with Crippen molar-refractivity contribution >= 4 is 5.82 Å². The molecule has 2 aromatic heterocycles. The van der Waals surface area contributed by atoms with Crippen molar-refractivity contribution in [3.8, 4) is 17.1 Å². The minimum absolute atomic E-state index is 0.701. The number of rotatable bonds is 6. The largest absolute Gasteiger partial charge is 0.496 e. The number of benzene rings is 1. The Labute approximate surface area is 148 Å². The van der Waals surface area contributed by atoms with Crippen molar-refractivity contribution in [3.05, 3.63) is 66.1 Å². The van der Waals surface area contributed by atoms with Crippen LogP contribution in [-0.4, -0.2) is 35.7 Å². The minimum Gasteiger partial charge on any atom is -0.496 e. The van der Waals surface area contributed by atoms with Crippen molar-refractivity contribution < 1.29 is 4.74 Å². The molecule has 25 heavy (non-hydrogen) atoms. The first kappa shape index (κ1) is 16.9. The highest BCUT2D eigenvalue weighted by atomic mass is 16.5. The number of likely N-dealkylation sites (N-methyl/N-ethyl adjacent to an activating group) is 1. The normalized spacial score (nSPS) is 10.5. The summed E-state index contributed by atoms with van der Waals surface area (Å²) in [6.07, 6.45) is 4.42. The molecule has 5 nitrogen and oxygen atoms in total. The molecule has 0 aliphatic carbocycles. The number of anilines is 1.